The molecule has 0 aromatic heterocycles. The van der Waals surface area contributed by atoms with Gasteiger partial charge in [0.1, 0.15) is 0 Å². The fourth-order valence-corrected chi connectivity index (χ4v) is 2.35. The van der Waals surface area contributed by atoms with Crippen LogP contribution < -0.4 is 5.32 Å². The second-order valence-corrected chi connectivity index (χ2v) is 4.87. The molecule has 2 aliphatic carbocycles. The van der Waals surface area contributed by atoms with Crippen molar-refractivity contribution in [1.29, 1.82) is 0 Å². The van der Waals surface area contributed by atoms with Crippen molar-refractivity contribution >= 4 is 0 Å². The van der Waals surface area contributed by atoms with Crippen LogP contribution in [0.3, 0.4) is 0 Å². The third-order valence-electron chi connectivity index (χ3n) is 3.57. The topological polar surface area (TPSA) is 32.3 Å². The minimum absolute atomic E-state index is 0.0111. The Labute approximate surface area is 80.7 Å². The van der Waals surface area contributed by atoms with Gasteiger partial charge in [-0.15, -0.1) is 0 Å². The lowest BCUT2D eigenvalue weighted by molar-refractivity contribution is 0.177. The predicted molar refractivity (Wildman–Crippen MR) is 53.5 cm³/mol. The molecule has 0 heterocycles. The summed E-state index contributed by atoms with van der Waals surface area (Å²) in [6.45, 7) is 3.41. The lowest BCUT2D eigenvalue weighted by atomic mass is 10.1. The van der Waals surface area contributed by atoms with Gasteiger partial charge in [-0.1, -0.05) is 0 Å². The molecule has 0 saturated heterocycles. The number of nitrogens with one attached hydrogen (secondary N) is 1. The average molecular weight is 183 g/mol. The van der Waals surface area contributed by atoms with Crippen molar-refractivity contribution in [2.24, 2.45) is 11.8 Å². The Hall–Kier alpha value is -0.0800. The van der Waals surface area contributed by atoms with Crippen LogP contribution in [0, 0.1) is 11.8 Å². The smallest absolute Gasteiger partial charge is 0.0543 e. The van der Waals surface area contributed by atoms with Gasteiger partial charge in [0.15, 0.2) is 0 Å². The first-order chi connectivity index (χ1) is 6.25. The first kappa shape index (κ1) is 9.47. The number of rotatable bonds is 4. The Kier molecular flexibility index (Phi) is 2.89. The molecule has 13 heavy (non-hydrogen) atoms. The fourth-order valence-electron chi connectivity index (χ4n) is 2.35. The molecule has 2 fully saturated rings. The summed E-state index contributed by atoms with van der Waals surface area (Å²) >= 11 is 0. The number of hydrogen-bond donors (Lipinski definition) is 2. The van der Waals surface area contributed by atoms with Crippen molar-refractivity contribution in [1.82, 2.24) is 5.32 Å². The van der Waals surface area contributed by atoms with E-state index in [9.17, 15) is 5.11 Å². The van der Waals surface area contributed by atoms with Crippen LogP contribution in [0.4, 0.5) is 0 Å². The number of hydrogen-bond acceptors (Lipinski definition) is 2. The van der Waals surface area contributed by atoms with Crippen molar-refractivity contribution in [2.75, 3.05) is 6.54 Å². The summed E-state index contributed by atoms with van der Waals surface area (Å²) in [5, 5.41) is 13.0. The van der Waals surface area contributed by atoms with E-state index in [0.717, 1.165) is 31.2 Å². The van der Waals surface area contributed by atoms with Crippen LogP contribution in [0.25, 0.3) is 0 Å². The van der Waals surface area contributed by atoms with E-state index in [1.54, 1.807) is 0 Å². The Balaban J connectivity index is 1.61. The van der Waals surface area contributed by atoms with Crippen LogP contribution in [0.2, 0.25) is 0 Å². The van der Waals surface area contributed by atoms with Crippen LogP contribution in [0.15, 0.2) is 0 Å². The Morgan fingerprint density at radius 1 is 1.31 bits per heavy atom. The molecule has 2 N–H and O–H groups in total. The van der Waals surface area contributed by atoms with Gasteiger partial charge >= 0.3 is 0 Å². The van der Waals surface area contributed by atoms with E-state index < -0.39 is 0 Å². The van der Waals surface area contributed by atoms with E-state index in [1.807, 2.05) is 0 Å². The van der Waals surface area contributed by atoms with Crippen molar-refractivity contribution in [3.05, 3.63) is 0 Å². The van der Waals surface area contributed by atoms with Gasteiger partial charge in [0.2, 0.25) is 0 Å². The third kappa shape index (κ3) is 2.68. The van der Waals surface area contributed by atoms with Crippen molar-refractivity contribution in [3.63, 3.8) is 0 Å². The van der Waals surface area contributed by atoms with Crippen LogP contribution in [0.1, 0.15) is 39.0 Å². The largest absolute Gasteiger partial charge is 0.393 e. The Morgan fingerprint density at radius 2 is 2.08 bits per heavy atom. The number of aliphatic hydroxyl groups excluding tert-OH is 1. The average Bonchev–Trinajstić information content (AvgIpc) is 2.87. The van der Waals surface area contributed by atoms with Gasteiger partial charge in [-0.25, -0.2) is 0 Å². The second kappa shape index (κ2) is 3.97. The highest BCUT2D eigenvalue weighted by atomic mass is 16.3. The summed E-state index contributed by atoms with van der Waals surface area (Å²) < 4.78 is 0. The fraction of sp³-hybridized carbons (Fsp3) is 1.00. The van der Waals surface area contributed by atoms with Crippen LogP contribution in [-0.4, -0.2) is 23.8 Å². The van der Waals surface area contributed by atoms with Gasteiger partial charge in [-0.3, -0.25) is 0 Å². The van der Waals surface area contributed by atoms with Gasteiger partial charge in [-0.2, -0.15) is 0 Å². The van der Waals surface area contributed by atoms with Gasteiger partial charge < -0.3 is 10.4 Å². The molecule has 2 heteroatoms. The van der Waals surface area contributed by atoms with E-state index in [2.05, 4.69) is 12.2 Å². The van der Waals surface area contributed by atoms with E-state index >= 15 is 0 Å². The zero-order valence-corrected chi connectivity index (χ0v) is 8.50. The molecule has 2 saturated carbocycles. The van der Waals surface area contributed by atoms with Crippen molar-refractivity contribution < 1.29 is 5.11 Å². The molecule has 2 aliphatic rings. The molecule has 0 bridgehead atoms. The standard InChI is InChI=1S/C11H21NO/c1-8(10-3-4-10)12-7-9-2-5-11(13)6-9/h8-13H,2-7H2,1H3. The lowest BCUT2D eigenvalue weighted by Crippen LogP contribution is -2.32. The SMILES string of the molecule is CC(NCC1CCC(O)C1)C1CC1. The van der Waals surface area contributed by atoms with Gasteiger partial charge in [-0.05, 0) is 57.4 Å². The summed E-state index contributed by atoms with van der Waals surface area (Å²) in [4.78, 5) is 0. The van der Waals surface area contributed by atoms with Crippen LogP contribution in [0.5, 0.6) is 0 Å². The van der Waals surface area contributed by atoms with Gasteiger partial charge in [0.05, 0.1) is 6.10 Å². The monoisotopic (exact) mass is 183 g/mol. The zero-order chi connectivity index (χ0) is 9.26. The molecule has 2 nitrogen and oxygen atoms in total. The highest BCUT2D eigenvalue weighted by molar-refractivity contribution is 4.85. The first-order valence-electron chi connectivity index (χ1n) is 5.67. The first-order valence-corrected chi connectivity index (χ1v) is 5.67. The molecule has 2 rings (SSSR count). The molecule has 0 radical (unpaired) electrons. The highest BCUT2D eigenvalue weighted by Gasteiger charge is 2.29. The summed E-state index contributed by atoms with van der Waals surface area (Å²) in [6, 6.07) is 0.706. The van der Waals surface area contributed by atoms with Crippen molar-refractivity contribution in [3.8, 4) is 0 Å². The van der Waals surface area contributed by atoms with E-state index in [1.165, 1.54) is 19.3 Å². The number of aliphatic hydroxyl groups is 1. The molecule has 0 aliphatic heterocycles. The molecule has 0 aromatic carbocycles. The summed E-state index contributed by atoms with van der Waals surface area (Å²) in [5.41, 5.74) is 0. The molecule has 3 atom stereocenters. The third-order valence-corrected chi connectivity index (χ3v) is 3.57. The predicted octanol–water partition coefficient (Wildman–Crippen LogP) is 1.54. The van der Waals surface area contributed by atoms with E-state index in [0.29, 0.717) is 6.04 Å². The maximum Gasteiger partial charge on any atom is 0.0543 e. The Bertz CT molecular complexity index is 167. The highest BCUT2D eigenvalue weighted by Crippen LogP contribution is 2.32. The van der Waals surface area contributed by atoms with Crippen LogP contribution >= 0.6 is 0 Å². The van der Waals surface area contributed by atoms with E-state index in [-0.39, 0.29) is 6.10 Å². The summed E-state index contributed by atoms with van der Waals surface area (Å²) in [6.07, 6.45) is 6.08. The minimum Gasteiger partial charge on any atom is -0.393 e. The molecule has 3 unspecified atom stereocenters. The second-order valence-electron chi connectivity index (χ2n) is 4.87. The maximum absolute atomic E-state index is 9.36. The summed E-state index contributed by atoms with van der Waals surface area (Å²) in [7, 11) is 0. The maximum atomic E-state index is 9.36. The quantitative estimate of drug-likeness (QED) is 0.693. The molecular formula is C11H21NO. The Morgan fingerprint density at radius 3 is 2.62 bits per heavy atom. The molecular weight excluding hydrogens is 162 g/mol. The zero-order valence-electron chi connectivity index (χ0n) is 8.50. The summed E-state index contributed by atoms with van der Waals surface area (Å²) in [5.74, 6) is 1.68. The van der Waals surface area contributed by atoms with E-state index in [4.69, 9.17) is 0 Å². The molecule has 0 aromatic rings. The molecule has 0 spiro atoms. The normalized spacial score (nSPS) is 36.5. The van der Waals surface area contributed by atoms with Crippen LogP contribution in [-0.2, 0) is 0 Å². The lowest BCUT2D eigenvalue weighted by Gasteiger charge is -2.16. The molecule has 76 valence electrons. The van der Waals surface area contributed by atoms with Gasteiger partial charge in [0, 0.05) is 6.04 Å². The minimum atomic E-state index is -0.0111. The molecule has 0 amide bonds. The van der Waals surface area contributed by atoms with Crippen molar-refractivity contribution in [2.45, 2.75) is 51.2 Å². The van der Waals surface area contributed by atoms with Gasteiger partial charge in [0.25, 0.3) is 0 Å².